The van der Waals surface area contributed by atoms with Gasteiger partial charge in [0.1, 0.15) is 17.9 Å². The lowest BCUT2D eigenvalue weighted by Gasteiger charge is -2.58. The zero-order valence-corrected chi connectivity index (χ0v) is 17.8. The van der Waals surface area contributed by atoms with Gasteiger partial charge in [0.2, 0.25) is 0 Å². The molecule has 172 valence electrons. The number of hydrogen-bond acceptors (Lipinski definition) is 6. The number of halogens is 3. The number of aliphatic hydroxyl groups is 1. The van der Waals surface area contributed by atoms with E-state index in [1.165, 1.54) is 18.6 Å². The molecule has 4 rings (SSSR count). The van der Waals surface area contributed by atoms with Crippen LogP contribution in [0.2, 0.25) is 0 Å². The number of carbonyl (C=O) groups is 1. The number of carbonyl (C=O) groups excluding carboxylic acids is 1. The van der Waals surface area contributed by atoms with E-state index in [1.54, 1.807) is 13.8 Å². The molecule has 10 heteroatoms. The number of rotatable bonds is 7. The maximum absolute atomic E-state index is 14.0. The Kier molecular flexibility index (Phi) is 5.98. The van der Waals surface area contributed by atoms with Crippen LogP contribution >= 0.6 is 0 Å². The van der Waals surface area contributed by atoms with Gasteiger partial charge in [-0.15, -0.1) is 0 Å². The van der Waals surface area contributed by atoms with Gasteiger partial charge in [0.05, 0.1) is 24.4 Å². The molecule has 7 nitrogen and oxygen atoms in total. The number of ether oxygens (including phenoxy) is 1. The van der Waals surface area contributed by atoms with Crippen molar-refractivity contribution >= 4 is 11.7 Å². The predicted molar refractivity (Wildman–Crippen MR) is 111 cm³/mol. The van der Waals surface area contributed by atoms with E-state index in [9.17, 15) is 23.1 Å². The highest BCUT2D eigenvalue weighted by Gasteiger charge is 2.52. The molecule has 32 heavy (non-hydrogen) atoms. The lowest BCUT2D eigenvalue weighted by Crippen LogP contribution is -2.64. The molecule has 1 aliphatic heterocycles. The first-order valence-corrected chi connectivity index (χ1v) is 10.5. The molecule has 0 radical (unpaired) electrons. The van der Waals surface area contributed by atoms with Crippen molar-refractivity contribution in [1.29, 1.82) is 0 Å². The molecule has 1 aliphatic carbocycles. The minimum atomic E-state index is -2.72. The molecule has 0 atom stereocenters. The molecule has 2 aliphatic rings. The number of alkyl halides is 2. The molecule has 2 aromatic rings. The first-order valence-electron chi connectivity index (χ1n) is 10.5. The van der Waals surface area contributed by atoms with Gasteiger partial charge in [-0.2, -0.15) is 0 Å². The molecule has 1 spiro atoms. The summed E-state index contributed by atoms with van der Waals surface area (Å²) >= 11 is 0. The number of benzene rings is 1. The van der Waals surface area contributed by atoms with E-state index >= 15 is 0 Å². The standard InChI is InChI=1S/C22H25F3N4O3/c1-13(2)29(9-19(24)25)21(31)16-5-14(23)3-4-17(16)32-18-8-26-12-27-20(18)28-10-22(11-28)6-15(30)7-22/h3-5,8,12-13,15,19,30H,6-7,9-11H2,1-2H3. The van der Waals surface area contributed by atoms with Crippen LogP contribution in [0.15, 0.2) is 30.7 Å². The van der Waals surface area contributed by atoms with Crippen molar-refractivity contribution in [1.82, 2.24) is 14.9 Å². The Bertz CT molecular complexity index is 990. The molecule has 1 aromatic carbocycles. The Morgan fingerprint density at radius 2 is 2.03 bits per heavy atom. The van der Waals surface area contributed by atoms with Crippen molar-refractivity contribution in [3.8, 4) is 11.5 Å². The average Bonchev–Trinajstić information content (AvgIpc) is 2.69. The fourth-order valence-corrected chi connectivity index (χ4v) is 4.44. The minimum absolute atomic E-state index is 0.0293. The minimum Gasteiger partial charge on any atom is -0.451 e. The van der Waals surface area contributed by atoms with Gasteiger partial charge in [-0.3, -0.25) is 4.79 Å². The normalized spacial score (nSPS) is 17.4. The van der Waals surface area contributed by atoms with Gasteiger partial charge >= 0.3 is 0 Å². The van der Waals surface area contributed by atoms with E-state index in [0.717, 1.165) is 29.9 Å². The highest BCUT2D eigenvalue weighted by atomic mass is 19.3. The second-order valence-corrected chi connectivity index (χ2v) is 8.81. The summed E-state index contributed by atoms with van der Waals surface area (Å²) in [6, 6.07) is 2.89. The average molecular weight is 450 g/mol. The van der Waals surface area contributed by atoms with Gasteiger partial charge in [0.25, 0.3) is 12.3 Å². The quantitative estimate of drug-likeness (QED) is 0.696. The summed E-state index contributed by atoms with van der Waals surface area (Å²) in [6.07, 6.45) is 1.33. The van der Waals surface area contributed by atoms with Gasteiger partial charge in [-0.25, -0.2) is 23.1 Å². The number of anilines is 1. The predicted octanol–water partition coefficient (Wildman–Crippen LogP) is 3.48. The molecule has 0 unspecified atom stereocenters. The monoisotopic (exact) mass is 450 g/mol. The Labute approximate surface area is 183 Å². The zero-order chi connectivity index (χ0) is 23.0. The number of amides is 1. The summed E-state index contributed by atoms with van der Waals surface area (Å²) in [7, 11) is 0. The van der Waals surface area contributed by atoms with E-state index in [4.69, 9.17) is 4.74 Å². The molecule has 1 aromatic heterocycles. The van der Waals surface area contributed by atoms with Crippen LogP contribution in [0.3, 0.4) is 0 Å². The molecular formula is C22H25F3N4O3. The lowest BCUT2D eigenvalue weighted by molar-refractivity contribution is -0.0495. The van der Waals surface area contributed by atoms with Crippen molar-refractivity contribution < 1.29 is 27.8 Å². The van der Waals surface area contributed by atoms with Crippen LogP contribution < -0.4 is 9.64 Å². The van der Waals surface area contributed by atoms with E-state index in [0.29, 0.717) is 18.9 Å². The summed E-state index contributed by atoms with van der Waals surface area (Å²) in [5, 5.41) is 9.62. The zero-order valence-electron chi connectivity index (χ0n) is 17.8. The smallest absolute Gasteiger partial charge is 0.258 e. The summed E-state index contributed by atoms with van der Waals surface area (Å²) in [5.74, 6) is -0.615. The molecule has 1 saturated heterocycles. The Hall–Kier alpha value is -2.88. The van der Waals surface area contributed by atoms with E-state index in [1.807, 2.05) is 4.90 Å². The van der Waals surface area contributed by atoms with Crippen molar-refractivity contribution in [3.05, 3.63) is 42.1 Å². The molecular weight excluding hydrogens is 425 g/mol. The second kappa shape index (κ2) is 8.57. The van der Waals surface area contributed by atoms with Crippen LogP contribution in [0.5, 0.6) is 11.5 Å². The van der Waals surface area contributed by atoms with Crippen molar-refractivity contribution in [2.24, 2.45) is 5.41 Å². The SMILES string of the molecule is CC(C)N(CC(F)F)C(=O)c1cc(F)ccc1Oc1cncnc1N1CC2(CC(O)C2)C1. The first kappa shape index (κ1) is 22.3. The van der Waals surface area contributed by atoms with Gasteiger partial charge < -0.3 is 19.6 Å². The van der Waals surface area contributed by atoms with Crippen molar-refractivity contribution in [3.63, 3.8) is 0 Å². The summed E-state index contributed by atoms with van der Waals surface area (Å²) < 4.78 is 45.9. The molecule has 1 saturated carbocycles. The fourth-order valence-electron chi connectivity index (χ4n) is 4.44. The molecule has 2 heterocycles. The number of hydrogen-bond donors (Lipinski definition) is 1. The maximum Gasteiger partial charge on any atom is 0.258 e. The van der Waals surface area contributed by atoms with Crippen LogP contribution in [0.1, 0.15) is 37.0 Å². The van der Waals surface area contributed by atoms with Crippen LogP contribution in [-0.2, 0) is 0 Å². The molecule has 1 amide bonds. The van der Waals surface area contributed by atoms with Crippen LogP contribution in [0.4, 0.5) is 19.0 Å². The van der Waals surface area contributed by atoms with E-state index < -0.39 is 30.7 Å². The summed E-state index contributed by atoms with van der Waals surface area (Å²) in [5.41, 5.74) is -0.0672. The third-order valence-electron chi connectivity index (χ3n) is 5.96. The summed E-state index contributed by atoms with van der Waals surface area (Å²) in [6.45, 7) is 3.87. The highest BCUT2D eigenvalue weighted by Crippen LogP contribution is 2.50. The van der Waals surface area contributed by atoms with Crippen molar-refractivity contribution in [2.45, 2.75) is 45.3 Å². The first-order chi connectivity index (χ1) is 15.2. The maximum atomic E-state index is 14.0. The van der Waals surface area contributed by atoms with Crippen molar-refractivity contribution in [2.75, 3.05) is 24.5 Å². The van der Waals surface area contributed by atoms with Gasteiger partial charge in [-0.1, -0.05) is 0 Å². The highest BCUT2D eigenvalue weighted by molar-refractivity contribution is 5.97. The number of aliphatic hydroxyl groups excluding tert-OH is 1. The lowest BCUT2D eigenvalue weighted by atomic mass is 9.62. The topological polar surface area (TPSA) is 78.8 Å². The van der Waals surface area contributed by atoms with Crippen LogP contribution in [-0.4, -0.2) is 64.1 Å². The van der Waals surface area contributed by atoms with Gasteiger partial charge in [0, 0.05) is 24.5 Å². The number of aromatic nitrogens is 2. The Balaban J connectivity index is 1.59. The van der Waals surface area contributed by atoms with Gasteiger partial charge in [0.15, 0.2) is 11.6 Å². The van der Waals surface area contributed by atoms with E-state index in [-0.39, 0.29) is 28.6 Å². The van der Waals surface area contributed by atoms with Gasteiger partial charge in [-0.05, 0) is 44.9 Å². The van der Waals surface area contributed by atoms with E-state index in [2.05, 4.69) is 9.97 Å². The molecule has 2 fully saturated rings. The van der Waals surface area contributed by atoms with Crippen LogP contribution in [0.25, 0.3) is 0 Å². The third-order valence-corrected chi connectivity index (χ3v) is 5.96. The second-order valence-electron chi connectivity index (χ2n) is 8.81. The Morgan fingerprint density at radius 1 is 1.31 bits per heavy atom. The third kappa shape index (κ3) is 4.36. The molecule has 0 bridgehead atoms. The Morgan fingerprint density at radius 3 is 2.66 bits per heavy atom. The largest absolute Gasteiger partial charge is 0.451 e. The number of nitrogens with zero attached hydrogens (tertiary/aromatic N) is 4. The fraction of sp³-hybridized carbons (Fsp3) is 0.500. The molecule has 1 N–H and O–H groups in total. The van der Waals surface area contributed by atoms with Crippen LogP contribution in [0, 0.1) is 11.2 Å². The summed E-state index contributed by atoms with van der Waals surface area (Å²) in [4.78, 5) is 24.3.